The van der Waals surface area contributed by atoms with Gasteiger partial charge in [-0.1, -0.05) is 6.92 Å². The Bertz CT molecular complexity index is 251. The molecule has 78 valence electrons. The van der Waals surface area contributed by atoms with E-state index in [0.29, 0.717) is 18.7 Å². The summed E-state index contributed by atoms with van der Waals surface area (Å²) in [5, 5.41) is 0. The Balaban J connectivity index is 2.68. The van der Waals surface area contributed by atoms with Gasteiger partial charge in [-0.3, -0.25) is 0 Å². The largest absolute Gasteiger partial charge is 0.214 e. The molecule has 13 heavy (non-hydrogen) atoms. The molecule has 0 aromatic rings. The van der Waals surface area contributed by atoms with Crippen molar-refractivity contribution in [3.8, 4) is 0 Å². The second kappa shape index (κ2) is 4.66. The van der Waals surface area contributed by atoms with Crippen molar-refractivity contribution in [1.82, 2.24) is 4.31 Å². The van der Waals surface area contributed by atoms with E-state index >= 15 is 0 Å². The van der Waals surface area contributed by atoms with E-state index < -0.39 is 10.0 Å². The van der Waals surface area contributed by atoms with Gasteiger partial charge < -0.3 is 0 Å². The summed E-state index contributed by atoms with van der Waals surface area (Å²) in [6.07, 6.45) is 0.707. The molecule has 1 fully saturated rings. The van der Waals surface area contributed by atoms with Crippen molar-refractivity contribution in [2.24, 2.45) is 0 Å². The van der Waals surface area contributed by atoms with E-state index in [9.17, 15) is 8.42 Å². The number of thioether (sulfide) groups is 1. The van der Waals surface area contributed by atoms with Gasteiger partial charge >= 0.3 is 0 Å². The van der Waals surface area contributed by atoms with Gasteiger partial charge in [-0.25, -0.2) is 8.42 Å². The summed E-state index contributed by atoms with van der Waals surface area (Å²) in [6.45, 7) is 4.58. The molecule has 0 aliphatic carbocycles. The lowest BCUT2D eigenvalue weighted by Gasteiger charge is -2.31. The predicted molar refractivity (Wildman–Crippen MR) is 57.6 cm³/mol. The molecular weight excluding hydrogens is 206 g/mol. The van der Waals surface area contributed by atoms with E-state index in [0.717, 1.165) is 11.5 Å². The average molecular weight is 223 g/mol. The molecule has 1 rings (SSSR count). The molecule has 1 aliphatic heterocycles. The van der Waals surface area contributed by atoms with Gasteiger partial charge in [-0.15, -0.1) is 0 Å². The van der Waals surface area contributed by atoms with E-state index in [4.69, 9.17) is 0 Å². The summed E-state index contributed by atoms with van der Waals surface area (Å²) >= 11 is 1.83. The zero-order chi connectivity index (χ0) is 9.90. The minimum Gasteiger partial charge on any atom is -0.212 e. The van der Waals surface area contributed by atoms with E-state index in [-0.39, 0.29) is 6.04 Å². The van der Waals surface area contributed by atoms with Crippen molar-refractivity contribution in [1.29, 1.82) is 0 Å². The molecule has 0 saturated carbocycles. The minimum absolute atomic E-state index is 0.176. The maximum atomic E-state index is 11.7. The van der Waals surface area contributed by atoms with E-state index in [1.165, 1.54) is 0 Å². The third kappa shape index (κ3) is 2.86. The van der Waals surface area contributed by atoms with Gasteiger partial charge in [0, 0.05) is 24.1 Å². The predicted octanol–water partition coefficient (Wildman–Crippen LogP) is 1.16. The van der Waals surface area contributed by atoms with Gasteiger partial charge in [-0.05, 0) is 13.3 Å². The van der Waals surface area contributed by atoms with E-state index in [2.05, 4.69) is 0 Å². The quantitative estimate of drug-likeness (QED) is 0.720. The first-order chi connectivity index (χ1) is 6.08. The summed E-state index contributed by atoms with van der Waals surface area (Å²) in [5.41, 5.74) is 0. The van der Waals surface area contributed by atoms with Gasteiger partial charge in [0.15, 0.2) is 0 Å². The fourth-order valence-electron chi connectivity index (χ4n) is 1.50. The fraction of sp³-hybridized carbons (Fsp3) is 1.00. The van der Waals surface area contributed by atoms with Crippen LogP contribution in [-0.4, -0.2) is 42.6 Å². The summed E-state index contributed by atoms with van der Waals surface area (Å²) in [4.78, 5) is 0. The number of sulfonamides is 1. The third-order valence-corrected chi connectivity index (χ3v) is 5.50. The molecule has 1 saturated heterocycles. The van der Waals surface area contributed by atoms with Gasteiger partial charge in [-0.2, -0.15) is 16.1 Å². The highest BCUT2D eigenvalue weighted by atomic mass is 32.2. The lowest BCUT2D eigenvalue weighted by molar-refractivity contribution is 0.367. The Morgan fingerprint density at radius 2 is 2.23 bits per heavy atom. The zero-order valence-corrected chi connectivity index (χ0v) is 9.83. The van der Waals surface area contributed by atoms with Crippen LogP contribution in [0.15, 0.2) is 0 Å². The van der Waals surface area contributed by atoms with Crippen LogP contribution in [0.5, 0.6) is 0 Å². The van der Waals surface area contributed by atoms with Crippen LogP contribution in [-0.2, 0) is 10.0 Å². The lowest BCUT2D eigenvalue weighted by Crippen LogP contribution is -2.45. The van der Waals surface area contributed by atoms with Crippen LogP contribution in [0.1, 0.15) is 20.3 Å². The zero-order valence-electron chi connectivity index (χ0n) is 8.19. The molecule has 3 nitrogen and oxygen atoms in total. The molecule has 1 unspecified atom stereocenters. The topological polar surface area (TPSA) is 37.4 Å². The molecule has 0 radical (unpaired) electrons. The molecular formula is C8H17NO2S2. The first-order valence-corrected chi connectivity index (χ1v) is 7.41. The van der Waals surface area contributed by atoms with Crippen LogP contribution in [0.25, 0.3) is 0 Å². The van der Waals surface area contributed by atoms with Crippen LogP contribution < -0.4 is 0 Å². The van der Waals surface area contributed by atoms with Crippen molar-refractivity contribution in [3.05, 3.63) is 0 Å². The van der Waals surface area contributed by atoms with Crippen molar-refractivity contribution in [2.75, 3.05) is 23.8 Å². The normalized spacial score (nSPS) is 26.2. The highest BCUT2D eigenvalue weighted by Gasteiger charge is 2.28. The Morgan fingerprint density at radius 1 is 1.54 bits per heavy atom. The Hall–Kier alpha value is 0.260. The average Bonchev–Trinajstić information content (AvgIpc) is 2.04. The molecule has 1 atom stereocenters. The Labute approximate surface area is 84.9 Å². The van der Waals surface area contributed by atoms with E-state index in [1.807, 2.05) is 25.6 Å². The molecule has 0 bridgehead atoms. The number of hydrogen-bond acceptors (Lipinski definition) is 3. The summed E-state index contributed by atoms with van der Waals surface area (Å²) < 4.78 is 25.1. The molecule has 1 aliphatic rings. The lowest BCUT2D eigenvalue weighted by atomic mass is 10.4. The van der Waals surface area contributed by atoms with Gasteiger partial charge in [0.1, 0.15) is 0 Å². The monoisotopic (exact) mass is 223 g/mol. The smallest absolute Gasteiger partial charge is 0.212 e. The summed E-state index contributed by atoms with van der Waals surface area (Å²) in [7, 11) is -2.96. The molecule has 0 aromatic heterocycles. The standard InChI is InChI=1S/C8H17NO2S2/c1-3-6-13(10,11)9-4-5-12-7-8(9)2/h8H,3-7H2,1-2H3. The second-order valence-corrected chi connectivity index (χ2v) is 6.54. The van der Waals surface area contributed by atoms with Crippen LogP contribution in [0.2, 0.25) is 0 Å². The van der Waals surface area contributed by atoms with Gasteiger partial charge in [0.25, 0.3) is 0 Å². The first-order valence-electron chi connectivity index (χ1n) is 4.65. The minimum atomic E-state index is -2.96. The number of nitrogens with zero attached hydrogens (tertiary/aromatic N) is 1. The molecule has 0 amide bonds. The fourth-order valence-corrected chi connectivity index (χ4v) is 4.47. The first kappa shape index (κ1) is 11.3. The number of hydrogen-bond donors (Lipinski definition) is 0. The molecule has 0 N–H and O–H groups in total. The van der Waals surface area contributed by atoms with Crippen LogP contribution >= 0.6 is 11.8 Å². The van der Waals surface area contributed by atoms with Gasteiger partial charge in [0.2, 0.25) is 10.0 Å². The third-order valence-electron chi connectivity index (χ3n) is 2.13. The van der Waals surface area contributed by atoms with Gasteiger partial charge in [0.05, 0.1) is 5.75 Å². The van der Waals surface area contributed by atoms with Crippen molar-refractivity contribution in [3.63, 3.8) is 0 Å². The second-order valence-electron chi connectivity index (χ2n) is 3.35. The number of rotatable bonds is 3. The molecule has 0 aromatic carbocycles. The summed E-state index contributed by atoms with van der Waals surface area (Å²) in [6, 6.07) is 0.176. The van der Waals surface area contributed by atoms with Crippen LogP contribution in [0.4, 0.5) is 0 Å². The molecule has 0 spiro atoms. The maximum absolute atomic E-state index is 11.7. The Morgan fingerprint density at radius 3 is 2.77 bits per heavy atom. The van der Waals surface area contributed by atoms with Crippen molar-refractivity contribution in [2.45, 2.75) is 26.3 Å². The Kier molecular flexibility index (Phi) is 4.06. The SMILES string of the molecule is CCCS(=O)(=O)N1CCSCC1C. The van der Waals surface area contributed by atoms with Crippen LogP contribution in [0, 0.1) is 0 Å². The highest BCUT2D eigenvalue weighted by molar-refractivity contribution is 7.99. The van der Waals surface area contributed by atoms with E-state index in [1.54, 1.807) is 4.31 Å². The molecule has 5 heteroatoms. The highest BCUT2D eigenvalue weighted by Crippen LogP contribution is 2.19. The van der Waals surface area contributed by atoms with Crippen molar-refractivity contribution < 1.29 is 8.42 Å². The summed E-state index contributed by atoms with van der Waals surface area (Å²) in [5.74, 6) is 2.16. The maximum Gasteiger partial charge on any atom is 0.214 e. The molecule has 1 heterocycles. The van der Waals surface area contributed by atoms with Crippen molar-refractivity contribution >= 4 is 21.8 Å². The van der Waals surface area contributed by atoms with Crippen LogP contribution in [0.3, 0.4) is 0 Å².